The van der Waals surface area contributed by atoms with Gasteiger partial charge in [-0.25, -0.2) is 8.42 Å². The first-order valence-corrected chi connectivity index (χ1v) is 11.3. The summed E-state index contributed by atoms with van der Waals surface area (Å²) < 4.78 is 28.2. The van der Waals surface area contributed by atoms with Crippen LogP contribution >= 0.6 is 11.3 Å². The smallest absolute Gasteiger partial charge is 0.261 e. The summed E-state index contributed by atoms with van der Waals surface area (Å²) in [7, 11) is -2.00. The number of carbonyl (C=O) groups is 1. The van der Waals surface area contributed by atoms with E-state index >= 15 is 0 Å². The van der Waals surface area contributed by atoms with Gasteiger partial charge in [-0.05, 0) is 41.6 Å². The molecule has 0 aliphatic rings. The molecule has 28 heavy (non-hydrogen) atoms. The molecule has 1 aromatic heterocycles. The lowest BCUT2D eigenvalue weighted by molar-refractivity contribution is -0.128. The van der Waals surface area contributed by atoms with Crippen molar-refractivity contribution in [2.45, 2.75) is 18.2 Å². The van der Waals surface area contributed by atoms with Gasteiger partial charge in [0.1, 0.15) is 0 Å². The summed E-state index contributed by atoms with van der Waals surface area (Å²) >= 11 is 1.37. The number of rotatable bonds is 7. The molecule has 0 unspecified atom stereocenters. The van der Waals surface area contributed by atoms with E-state index in [1.54, 1.807) is 47.7 Å². The van der Waals surface area contributed by atoms with Gasteiger partial charge in [0.05, 0.1) is 17.0 Å². The minimum absolute atomic E-state index is 0.0439. The Hall–Kier alpha value is -2.64. The number of carbonyl (C=O) groups excluding carboxylic acids is 1. The number of amides is 1. The van der Waals surface area contributed by atoms with Gasteiger partial charge in [0.15, 0.2) is 0 Å². The first-order chi connectivity index (χ1) is 13.4. The summed E-state index contributed by atoms with van der Waals surface area (Å²) in [6.07, 6.45) is 0.173. The van der Waals surface area contributed by atoms with E-state index in [4.69, 9.17) is 0 Å². The maximum atomic E-state index is 12.8. The molecule has 7 heteroatoms. The van der Waals surface area contributed by atoms with Crippen molar-refractivity contribution in [2.75, 3.05) is 18.3 Å². The van der Waals surface area contributed by atoms with Gasteiger partial charge in [0, 0.05) is 18.5 Å². The number of benzene rings is 2. The van der Waals surface area contributed by atoms with Crippen LogP contribution in [-0.2, 0) is 21.2 Å². The average Bonchev–Trinajstić information content (AvgIpc) is 3.13. The third kappa shape index (κ3) is 4.61. The number of nitrogens with one attached hydrogen (secondary N) is 1. The molecule has 3 aromatic rings. The van der Waals surface area contributed by atoms with Crippen molar-refractivity contribution in [3.05, 3.63) is 70.9 Å². The molecule has 3 rings (SSSR count). The van der Waals surface area contributed by atoms with Gasteiger partial charge >= 0.3 is 0 Å². The molecule has 146 valence electrons. The Morgan fingerprint density at radius 3 is 2.29 bits per heavy atom. The molecule has 5 nitrogen and oxygen atoms in total. The fourth-order valence-corrected chi connectivity index (χ4v) is 4.66. The second-order valence-electron chi connectivity index (χ2n) is 6.34. The summed E-state index contributed by atoms with van der Waals surface area (Å²) in [4.78, 5) is 14.7. The van der Waals surface area contributed by atoms with Gasteiger partial charge in [0.25, 0.3) is 10.0 Å². The van der Waals surface area contributed by atoms with Crippen LogP contribution in [0.15, 0.2) is 70.9 Å². The van der Waals surface area contributed by atoms with E-state index in [2.05, 4.69) is 4.72 Å². The minimum Gasteiger partial charge on any atom is -0.346 e. The zero-order chi connectivity index (χ0) is 20.1. The van der Waals surface area contributed by atoms with E-state index in [-0.39, 0.29) is 17.2 Å². The van der Waals surface area contributed by atoms with Crippen molar-refractivity contribution in [3.8, 4) is 11.1 Å². The highest BCUT2D eigenvalue weighted by atomic mass is 32.2. The highest BCUT2D eigenvalue weighted by Gasteiger charge is 2.19. The Bertz CT molecular complexity index is 1040. The van der Waals surface area contributed by atoms with Crippen LogP contribution in [0, 0.1) is 0 Å². The average molecular weight is 415 g/mol. The van der Waals surface area contributed by atoms with E-state index in [0.29, 0.717) is 17.1 Å². The van der Waals surface area contributed by atoms with E-state index in [0.717, 1.165) is 11.1 Å². The molecule has 0 bridgehead atoms. The number of hydrogen-bond acceptors (Lipinski definition) is 4. The van der Waals surface area contributed by atoms with Crippen molar-refractivity contribution in [2.24, 2.45) is 0 Å². The van der Waals surface area contributed by atoms with E-state index < -0.39 is 10.0 Å². The largest absolute Gasteiger partial charge is 0.346 e. The highest BCUT2D eigenvalue weighted by Crippen LogP contribution is 2.27. The lowest BCUT2D eigenvalue weighted by Gasteiger charge is -2.15. The van der Waals surface area contributed by atoms with Crippen molar-refractivity contribution in [3.63, 3.8) is 0 Å². The normalized spacial score (nSPS) is 11.2. The molecule has 0 aliphatic carbocycles. The molecule has 0 atom stereocenters. The molecule has 0 aliphatic heterocycles. The molecule has 1 N–H and O–H groups in total. The van der Waals surface area contributed by atoms with Gasteiger partial charge in [-0.3, -0.25) is 9.52 Å². The number of anilines is 1. The maximum Gasteiger partial charge on any atom is 0.261 e. The molecule has 0 radical (unpaired) electrons. The molecular formula is C21H22N2O3S2. The summed E-state index contributed by atoms with van der Waals surface area (Å²) in [6, 6.07) is 18.2. The van der Waals surface area contributed by atoms with Crippen LogP contribution in [-0.4, -0.2) is 32.8 Å². The molecule has 0 saturated carbocycles. The molecule has 0 saturated heterocycles. The van der Waals surface area contributed by atoms with Crippen LogP contribution in [0.25, 0.3) is 11.1 Å². The predicted octanol–water partition coefficient (Wildman–Crippen LogP) is 4.24. The standard InChI is InChI=1S/C21H22N2O3S2/c1-3-23(2)21(24)15-20-19(13-14-27-20)22-28(25,26)18-11-9-17(10-12-18)16-7-5-4-6-8-16/h4-14,22H,3,15H2,1-2H3. The van der Waals surface area contributed by atoms with Gasteiger partial charge < -0.3 is 4.90 Å². The van der Waals surface area contributed by atoms with Crippen molar-refractivity contribution < 1.29 is 13.2 Å². The van der Waals surface area contributed by atoms with E-state index in [1.807, 2.05) is 37.3 Å². The first-order valence-electron chi connectivity index (χ1n) is 8.89. The van der Waals surface area contributed by atoms with Crippen LogP contribution in [0.5, 0.6) is 0 Å². The van der Waals surface area contributed by atoms with Gasteiger partial charge in [-0.15, -0.1) is 11.3 Å². The summed E-state index contributed by atoms with van der Waals surface area (Å²) in [5.74, 6) is -0.0439. The predicted molar refractivity (Wildman–Crippen MR) is 114 cm³/mol. The Kier molecular flexibility index (Phi) is 6.16. The van der Waals surface area contributed by atoms with Crippen LogP contribution in [0.2, 0.25) is 0 Å². The van der Waals surface area contributed by atoms with Crippen LogP contribution in [0.3, 0.4) is 0 Å². The zero-order valence-electron chi connectivity index (χ0n) is 15.8. The molecule has 0 fully saturated rings. The Balaban J connectivity index is 1.78. The fourth-order valence-electron chi connectivity index (χ4n) is 2.68. The summed E-state index contributed by atoms with van der Waals surface area (Å²) in [5.41, 5.74) is 2.43. The lowest BCUT2D eigenvalue weighted by Crippen LogP contribution is -2.27. The summed E-state index contributed by atoms with van der Waals surface area (Å²) in [5, 5.41) is 1.78. The highest BCUT2D eigenvalue weighted by molar-refractivity contribution is 7.92. The van der Waals surface area contributed by atoms with Crippen molar-refractivity contribution in [1.82, 2.24) is 4.90 Å². The topological polar surface area (TPSA) is 66.5 Å². The third-order valence-corrected chi connectivity index (χ3v) is 6.78. The Morgan fingerprint density at radius 1 is 1.00 bits per heavy atom. The second kappa shape index (κ2) is 8.58. The summed E-state index contributed by atoms with van der Waals surface area (Å²) in [6.45, 7) is 2.51. The van der Waals surface area contributed by atoms with Crippen molar-refractivity contribution >= 4 is 33.0 Å². The van der Waals surface area contributed by atoms with Crippen LogP contribution < -0.4 is 4.72 Å². The molecule has 2 aromatic carbocycles. The SMILES string of the molecule is CCN(C)C(=O)Cc1sccc1NS(=O)(=O)c1ccc(-c2ccccc2)cc1. The number of sulfonamides is 1. The number of nitrogens with zero attached hydrogens (tertiary/aromatic N) is 1. The third-order valence-electron chi connectivity index (χ3n) is 4.47. The zero-order valence-corrected chi connectivity index (χ0v) is 17.4. The maximum absolute atomic E-state index is 12.8. The van der Waals surface area contributed by atoms with Gasteiger partial charge in [0.2, 0.25) is 5.91 Å². The van der Waals surface area contributed by atoms with Gasteiger partial charge in [-0.1, -0.05) is 42.5 Å². The lowest BCUT2D eigenvalue weighted by atomic mass is 10.1. The molecule has 1 amide bonds. The van der Waals surface area contributed by atoms with E-state index in [1.165, 1.54) is 11.3 Å². The van der Waals surface area contributed by atoms with E-state index in [9.17, 15) is 13.2 Å². The number of hydrogen-bond donors (Lipinski definition) is 1. The number of thiophene rings is 1. The van der Waals surface area contributed by atoms with Crippen LogP contribution in [0.1, 0.15) is 11.8 Å². The second-order valence-corrected chi connectivity index (χ2v) is 9.02. The molecule has 0 spiro atoms. The van der Waals surface area contributed by atoms with Crippen molar-refractivity contribution in [1.29, 1.82) is 0 Å². The fraction of sp³-hybridized carbons (Fsp3) is 0.190. The first kappa shape index (κ1) is 20.1. The Labute approximate surface area is 169 Å². The van der Waals surface area contributed by atoms with Crippen LogP contribution in [0.4, 0.5) is 5.69 Å². The quantitative estimate of drug-likeness (QED) is 0.629. The Morgan fingerprint density at radius 2 is 1.64 bits per heavy atom. The minimum atomic E-state index is -3.73. The monoisotopic (exact) mass is 414 g/mol. The van der Waals surface area contributed by atoms with Gasteiger partial charge in [-0.2, -0.15) is 0 Å². The number of likely N-dealkylation sites (N-methyl/N-ethyl adjacent to an activating group) is 1. The molecular weight excluding hydrogens is 392 g/mol. The molecule has 1 heterocycles.